The zero-order valence-corrected chi connectivity index (χ0v) is 13.1. The molecular formula is C15H24N2O2S. The van der Waals surface area contributed by atoms with Crippen molar-refractivity contribution >= 4 is 17.4 Å². The molecule has 1 aromatic heterocycles. The number of aliphatic hydroxyl groups excluding tert-OH is 1. The molecule has 2 N–H and O–H groups in total. The van der Waals surface area contributed by atoms with Crippen LogP contribution >= 0.6 is 11.3 Å². The molecular weight excluding hydrogens is 272 g/mol. The molecule has 0 unspecified atom stereocenters. The maximum absolute atomic E-state index is 11.9. The van der Waals surface area contributed by atoms with Gasteiger partial charge < -0.3 is 15.3 Å². The van der Waals surface area contributed by atoms with Crippen LogP contribution in [-0.4, -0.2) is 35.7 Å². The fourth-order valence-electron chi connectivity index (χ4n) is 2.59. The number of hydrogen-bond acceptors (Lipinski definition) is 3. The first kappa shape index (κ1) is 15.3. The number of aryl methyl sites for hydroxylation is 2. The largest absolute Gasteiger partial charge is 0.392 e. The molecule has 1 aliphatic rings. The molecule has 0 aliphatic heterocycles. The summed E-state index contributed by atoms with van der Waals surface area (Å²) in [5, 5.41) is 12.2. The Morgan fingerprint density at radius 2 is 2.20 bits per heavy atom. The number of nitrogens with zero attached hydrogens (tertiary/aromatic N) is 1. The van der Waals surface area contributed by atoms with E-state index in [-0.39, 0.29) is 6.03 Å². The Morgan fingerprint density at radius 3 is 2.95 bits per heavy atom. The van der Waals surface area contributed by atoms with Crippen LogP contribution in [0.1, 0.15) is 41.5 Å². The molecule has 5 heteroatoms. The minimum Gasteiger partial charge on any atom is -0.392 e. The molecule has 2 rings (SSSR count). The van der Waals surface area contributed by atoms with E-state index in [0.717, 1.165) is 0 Å². The zero-order valence-electron chi connectivity index (χ0n) is 12.3. The number of urea groups is 1. The van der Waals surface area contributed by atoms with Gasteiger partial charge in [0.25, 0.3) is 0 Å². The van der Waals surface area contributed by atoms with E-state index in [2.05, 4.69) is 11.4 Å². The van der Waals surface area contributed by atoms with Crippen LogP contribution in [0.25, 0.3) is 0 Å². The van der Waals surface area contributed by atoms with Crippen molar-refractivity contribution < 1.29 is 9.90 Å². The summed E-state index contributed by atoms with van der Waals surface area (Å²) in [6.07, 6.45) is 5.78. The number of aliphatic hydroxyl groups is 1. The second kappa shape index (κ2) is 7.09. The maximum atomic E-state index is 11.9. The van der Waals surface area contributed by atoms with Crippen LogP contribution in [0.3, 0.4) is 0 Å². The lowest BCUT2D eigenvalue weighted by Crippen LogP contribution is -2.40. The summed E-state index contributed by atoms with van der Waals surface area (Å²) in [6.45, 7) is 2.62. The summed E-state index contributed by atoms with van der Waals surface area (Å²) in [7, 11) is 1.70. The number of fused-ring (bicyclic) bond motifs is 1. The minimum atomic E-state index is -0.497. The average Bonchev–Trinajstić information content (AvgIpc) is 2.65. The Bertz CT molecular complexity index is 433. The normalized spacial score (nSPS) is 16.1. The van der Waals surface area contributed by atoms with E-state index < -0.39 is 6.10 Å². The van der Waals surface area contributed by atoms with E-state index in [4.69, 9.17) is 0 Å². The predicted molar refractivity (Wildman–Crippen MR) is 82.1 cm³/mol. The standard InChI is InChI=1S/C15H24N2O2S/c1-11(18)10-17(2)15(19)16-9-13-8-12-6-4-3-5-7-14(12)20-13/h8,11,18H,3-7,9-10H2,1-2H3,(H,16,19)/t11-/m1/s1. The number of carbonyl (C=O) groups is 1. The summed E-state index contributed by atoms with van der Waals surface area (Å²) >= 11 is 1.83. The topological polar surface area (TPSA) is 52.6 Å². The molecule has 1 aliphatic carbocycles. The molecule has 1 heterocycles. The molecule has 0 spiro atoms. The van der Waals surface area contributed by atoms with E-state index in [1.165, 1.54) is 52.3 Å². The summed E-state index contributed by atoms with van der Waals surface area (Å²) in [5.74, 6) is 0. The molecule has 1 atom stereocenters. The van der Waals surface area contributed by atoms with Crippen molar-refractivity contribution in [2.45, 2.75) is 51.7 Å². The first-order valence-electron chi connectivity index (χ1n) is 7.33. The SMILES string of the molecule is C[C@@H](O)CN(C)C(=O)NCc1cc2c(s1)CCCCC2. The van der Waals surface area contributed by atoms with Gasteiger partial charge in [-0.15, -0.1) is 11.3 Å². The minimum absolute atomic E-state index is 0.130. The van der Waals surface area contributed by atoms with Gasteiger partial charge in [-0.3, -0.25) is 0 Å². The van der Waals surface area contributed by atoms with Crippen molar-refractivity contribution in [3.8, 4) is 0 Å². The Labute approximate surface area is 124 Å². The van der Waals surface area contributed by atoms with E-state index in [1.54, 1.807) is 14.0 Å². The lowest BCUT2D eigenvalue weighted by molar-refractivity contribution is 0.144. The Balaban J connectivity index is 1.86. The number of likely N-dealkylation sites (N-methyl/N-ethyl adjacent to an activating group) is 1. The molecule has 0 saturated carbocycles. The van der Waals surface area contributed by atoms with Crippen LogP contribution in [0.4, 0.5) is 4.79 Å². The van der Waals surface area contributed by atoms with Crippen LogP contribution in [0.15, 0.2) is 6.07 Å². The van der Waals surface area contributed by atoms with Gasteiger partial charge in [-0.25, -0.2) is 4.79 Å². The third-order valence-electron chi connectivity index (χ3n) is 3.60. The second-order valence-electron chi connectivity index (χ2n) is 5.61. The fraction of sp³-hybridized carbons (Fsp3) is 0.667. The van der Waals surface area contributed by atoms with Crippen LogP contribution in [-0.2, 0) is 19.4 Å². The molecule has 4 nitrogen and oxygen atoms in total. The van der Waals surface area contributed by atoms with E-state index in [9.17, 15) is 9.90 Å². The van der Waals surface area contributed by atoms with Crippen molar-refractivity contribution in [3.05, 3.63) is 21.4 Å². The maximum Gasteiger partial charge on any atom is 0.317 e. The van der Waals surface area contributed by atoms with Crippen LogP contribution in [0, 0.1) is 0 Å². The predicted octanol–water partition coefficient (Wildman–Crippen LogP) is 2.54. The van der Waals surface area contributed by atoms with Crippen molar-refractivity contribution in [3.63, 3.8) is 0 Å². The highest BCUT2D eigenvalue weighted by molar-refractivity contribution is 7.12. The number of carbonyl (C=O) groups excluding carboxylic acids is 1. The molecule has 20 heavy (non-hydrogen) atoms. The molecule has 1 aromatic rings. The van der Waals surface area contributed by atoms with Gasteiger partial charge in [0.2, 0.25) is 0 Å². The Morgan fingerprint density at radius 1 is 1.45 bits per heavy atom. The summed E-state index contributed by atoms with van der Waals surface area (Å²) in [6, 6.07) is 2.12. The van der Waals surface area contributed by atoms with Gasteiger partial charge in [-0.1, -0.05) is 6.42 Å². The number of rotatable bonds is 4. The summed E-state index contributed by atoms with van der Waals surface area (Å²) in [4.78, 5) is 16.1. The van der Waals surface area contributed by atoms with Crippen molar-refractivity contribution in [2.75, 3.05) is 13.6 Å². The van der Waals surface area contributed by atoms with Crippen LogP contribution < -0.4 is 5.32 Å². The fourth-order valence-corrected chi connectivity index (χ4v) is 3.79. The second-order valence-corrected chi connectivity index (χ2v) is 6.83. The molecule has 0 bridgehead atoms. The smallest absolute Gasteiger partial charge is 0.317 e. The van der Waals surface area contributed by atoms with Crippen molar-refractivity contribution in [1.82, 2.24) is 10.2 Å². The lowest BCUT2D eigenvalue weighted by atomic mass is 10.1. The third-order valence-corrected chi connectivity index (χ3v) is 4.83. The van der Waals surface area contributed by atoms with Crippen LogP contribution in [0.2, 0.25) is 0 Å². The highest BCUT2D eigenvalue weighted by Gasteiger charge is 2.14. The van der Waals surface area contributed by atoms with Gasteiger partial charge in [-0.2, -0.15) is 0 Å². The lowest BCUT2D eigenvalue weighted by Gasteiger charge is -2.19. The Kier molecular flexibility index (Phi) is 5.43. The van der Waals surface area contributed by atoms with Gasteiger partial charge in [0.05, 0.1) is 12.6 Å². The van der Waals surface area contributed by atoms with E-state index >= 15 is 0 Å². The molecule has 0 aromatic carbocycles. The van der Waals surface area contributed by atoms with Gasteiger partial charge in [0, 0.05) is 23.3 Å². The molecule has 0 fully saturated rings. The van der Waals surface area contributed by atoms with Gasteiger partial charge in [0.1, 0.15) is 0 Å². The molecule has 0 saturated heterocycles. The van der Waals surface area contributed by atoms with Gasteiger partial charge in [-0.05, 0) is 44.2 Å². The molecule has 2 amide bonds. The summed E-state index contributed by atoms with van der Waals surface area (Å²) in [5.41, 5.74) is 1.48. The number of thiophene rings is 1. The monoisotopic (exact) mass is 296 g/mol. The van der Waals surface area contributed by atoms with Crippen LogP contribution in [0.5, 0.6) is 0 Å². The molecule has 0 radical (unpaired) electrons. The number of amides is 2. The third kappa shape index (κ3) is 4.21. The number of hydrogen-bond donors (Lipinski definition) is 2. The zero-order chi connectivity index (χ0) is 14.5. The van der Waals surface area contributed by atoms with E-state index in [1.807, 2.05) is 11.3 Å². The first-order chi connectivity index (χ1) is 9.56. The van der Waals surface area contributed by atoms with Crippen molar-refractivity contribution in [2.24, 2.45) is 0 Å². The quantitative estimate of drug-likeness (QED) is 0.839. The highest BCUT2D eigenvalue weighted by atomic mass is 32.1. The highest BCUT2D eigenvalue weighted by Crippen LogP contribution is 2.28. The van der Waals surface area contributed by atoms with E-state index in [0.29, 0.717) is 13.1 Å². The number of nitrogens with one attached hydrogen (secondary N) is 1. The average molecular weight is 296 g/mol. The van der Waals surface area contributed by atoms with Crippen molar-refractivity contribution in [1.29, 1.82) is 0 Å². The summed E-state index contributed by atoms with van der Waals surface area (Å²) < 4.78 is 0. The van der Waals surface area contributed by atoms with Gasteiger partial charge >= 0.3 is 6.03 Å². The first-order valence-corrected chi connectivity index (χ1v) is 8.15. The van der Waals surface area contributed by atoms with Gasteiger partial charge in [0.15, 0.2) is 0 Å². The Hall–Kier alpha value is -1.07. The molecule has 112 valence electrons.